The molecule has 3 heterocycles. The summed E-state index contributed by atoms with van der Waals surface area (Å²) < 4.78 is 7.12. The first-order valence-corrected chi connectivity index (χ1v) is 9.44. The third-order valence-electron chi connectivity index (χ3n) is 4.84. The van der Waals surface area contributed by atoms with Crippen molar-refractivity contribution >= 4 is 11.8 Å². The van der Waals surface area contributed by atoms with Gasteiger partial charge in [-0.15, -0.1) is 0 Å². The van der Waals surface area contributed by atoms with E-state index in [0.29, 0.717) is 24.5 Å². The van der Waals surface area contributed by atoms with Crippen LogP contribution in [-0.2, 0) is 26.1 Å². The van der Waals surface area contributed by atoms with Gasteiger partial charge < -0.3 is 19.6 Å². The van der Waals surface area contributed by atoms with Crippen LogP contribution in [0.1, 0.15) is 51.0 Å². The number of furan rings is 1. The summed E-state index contributed by atoms with van der Waals surface area (Å²) in [5.41, 5.74) is 2.19. The van der Waals surface area contributed by atoms with E-state index in [4.69, 9.17) is 4.42 Å². The molecule has 1 aromatic carbocycles. The average Bonchev–Trinajstić information content (AvgIpc) is 3.39. The minimum absolute atomic E-state index is 0.250. The Kier molecular flexibility index (Phi) is 5.23. The molecule has 28 heavy (non-hydrogen) atoms. The van der Waals surface area contributed by atoms with Gasteiger partial charge in [0.15, 0.2) is 5.82 Å². The summed E-state index contributed by atoms with van der Waals surface area (Å²) in [7, 11) is 0. The molecule has 0 saturated carbocycles. The molecular formula is C21H22N4O3. The summed E-state index contributed by atoms with van der Waals surface area (Å²) in [6.45, 7) is 1.40. The van der Waals surface area contributed by atoms with E-state index in [2.05, 4.69) is 15.6 Å². The highest BCUT2D eigenvalue weighted by atomic mass is 16.3. The van der Waals surface area contributed by atoms with Gasteiger partial charge in [0.25, 0.3) is 11.8 Å². The molecular weight excluding hydrogens is 356 g/mol. The van der Waals surface area contributed by atoms with Crippen molar-refractivity contribution in [2.75, 3.05) is 0 Å². The van der Waals surface area contributed by atoms with Crippen molar-refractivity contribution in [2.24, 2.45) is 0 Å². The van der Waals surface area contributed by atoms with E-state index in [1.807, 2.05) is 34.9 Å². The Morgan fingerprint density at radius 2 is 1.82 bits per heavy atom. The van der Waals surface area contributed by atoms with Crippen molar-refractivity contribution in [1.29, 1.82) is 0 Å². The van der Waals surface area contributed by atoms with Crippen molar-refractivity contribution in [3.63, 3.8) is 0 Å². The molecule has 7 nitrogen and oxygen atoms in total. The zero-order valence-corrected chi connectivity index (χ0v) is 15.5. The Labute approximate surface area is 162 Å². The second kappa shape index (κ2) is 8.12. The molecule has 0 unspecified atom stereocenters. The monoisotopic (exact) mass is 378 g/mol. The minimum atomic E-state index is -0.304. The lowest BCUT2D eigenvalue weighted by atomic mass is 10.1. The molecule has 0 spiro atoms. The number of rotatable bonds is 6. The number of benzene rings is 1. The largest absolute Gasteiger partial charge is 0.467 e. The molecule has 0 saturated heterocycles. The van der Waals surface area contributed by atoms with E-state index in [-0.39, 0.29) is 24.2 Å². The third-order valence-corrected chi connectivity index (χ3v) is 4.84. The summed E-state index contributed by atoms with van der Waals surface area (Å²) in [6.07, 6.45) is 4.26. The fourth-order valence-corrected chi connectivity index (χ4v) is 3.42. The quantitative estimate of drug-likeness (QED) is 0.690. The van der Waals surface area contributed by atoms with E-state index < -0.39 is 0 Å². The molecule has 0 radical (unpaired) electrons. The van der Waals surface area contributed by atoms with Gasteiger partial charge >= 0.3 is 0 Å². The lowest BCUT2D eigenvalue weighted by Crippen LogP contribution is -2.27. The average molecular weight is 378 g/mol. The van der Waals surface area contributed by atoms with Crippen LogP contribution < -0.4 is 10.6 Å². The van der Waals surface area contributed by atoms with Crippen molar-refractivity contribution in [2.45, 2.75) is 38.9 Å². The Morgan fingerprint density at radius 3 is 2.61 bits per heavy atom. The van der Waals surface area contributed by atoms with Gasteiger partial charge in [-0.3, -0.25) is 9.59 Å². The minimum Gasteiger partial charge on any atom is -0.467 e. The number of carbonyl (C=O) groups is 2. The molecule has 0 bridgehead atoms. The summed E-state index contributed by atoms with van der Waals surface area (Å²) in [5.74, 6) is 0.395. The van der Waals surface area contributed by atoms with Gasteiger partial charge in [-0.05, 0) is 37.0 Å². The van der Waals surface area contributed by atoms with Crippen LogP contribution in [0, 0.1) is 0 Å². The maximum absolute atomic E-state index is 12.7. The van der Waals surface area contributed by atoms with E-state index in [1.54, 1.807) is 18.4 Å². The Balaban J connectivity index is 1.51. The molecule has 0 atom stereocenters. The first-order chi connectivity index (χ1) is 13.7. The van der Waals surface area contributed by atoms with E-state index >= 15 is 0 Å². The molecule has 144 valence electrons. The van der Waals surface area contributed by atoms with Crippen molar-refractivity contribution < 1.29 is 14.0 Å². The van der Waals surface area contributed by atoms with Gasteiger partial charge in [0.05, 0.1) is 18.5 Å². The number of aromatic nitrogens is 2. The topological polar surface area (TPSA) is 89.2 Å². The standard InChI is InChI=1S/C21H22N4O3/c26-20(22-13-15-7-2-1-3-8-15)18-17-10-4-5-11-25(17)19(24-18)21(27)23-14-16-9-6-12-28-16/h1-3,6-9,12H,4-5,10-11,13-14H2,(H,22,26)(H,23,27). The number of carbonyl (C=O) groups excluding carboxylic acids is 2. The van der Waals surface area contributed by atoms with Crippen LogP contribution in [0.3, 0.4) is 0 Å². The molecule has 2 aromatic heterocycles. The predicted molar refractivity (Wildman–Crippen MR) is 103 cm³/mol. The highest BCUT2D eigenvalue weighted by molar-refractivity contribution is 5.97. The molecule has 4 rings (SSSR count). The summed E-state index contributed by atoms with van der Waals surface area (Å²) >= 11 is 0. The van der Waals surface area contributed by atoms with Gasteiger partial charge in [-0.25, -0.2) is 4.98 Å². The summed E-state index contributed by atoms with van der Waals surface area (Å²) in [4.78, 5) is 29.8. The number of amides is 2. The Morgan fingerprint density at radius 1 is 1.00 bits per heavy atom. The molecule has 2 amide bonds. The van der Waals surface area contributed by atoms with Gasteiger partial charge in [0, 0.05) is 13.1 Å². The van der Waals surface area contributed by atoms with Crippen LogP contribution in [0.2, 0.25) is 0 Å². The Hall–Kier alpha value is -3.35. The van der Waals surface area contributed by atoms with E-state index in [0.717, 1.165) is 30.5 Å². The zero-order valence-electron chi connectivity index (χ0n) is 15.5. The van der Waals surface area contributed by atoms with Crippen LogP contribution in [0.4, 0.5) is 0 Å². The number of nitrogens with one attached hydrogen (secondary N) is 2. The molecule has 3 aromatic rings. The fourth-order valence-electron chi connectivity index (χ4n) is 3.42. The highest BCUT2D eigenvalue weighted by Gasteiger charge is 2.27. The van der Waals surface area contributed by atoms with Gasteiger partial charge in [0.2, 0.25) is 0 Å². The lowest BCUT2D eigenvalue weighted by Gasteiger charge is -2.17. The zero-order chi connectivity index (χ0) is 19.3. The number of hydrogen-bond acceptors (Lipinski definition) is 4. The SMILES string of the molecule is O=C(NCc1ccccc1)c1nc(C(=O)NCc2ccco2)n2c1CCCC2. The van der Waals surface area contributed by atoms with Crippen LogP contribution in [0.15, 0.2) is 53.1 Å². The number of imidazole rings is 1. The van der Waals surface area contributed by atoms with E-state index in [9.17, 15) is 9.59 Å². The molecule has 2 N–H and O–H groups in total. The number of nitrogens with zero attached hydrogens (tertiary/aromatic N) is 2. The summed E-state index contributed by atoms with van der Waals surface area (Å²) in [6, 6.07) is 13.3. The van der Waals surface area contributed by atoms with Gasteiger partial charge in [0.1, 0.15) is 11.5 Å². The summed E-state index contributed by atoms with van der Waals surface area (Å²) in [5, 5.41) is 5.72. The van der Waals surface area contributed by atoms with E-state index in [1.165, 1.54) is 0 Å². The van der Waals surface area contributed by atoms with Crippen LogP contribution in [-0.4, -0.2) is 21.4 Å². The molecule has 1 aliphatic rings. The van der Waals surface area contributed by atoms with Crippen LogP contribution in [0.5, 0.6) is 0 Å². The maximum Gasteiger partial charge on any atom is 0.287 e. The number of hydrogen-bond donors (Lipinski definition) is 2. The Bertz CT molecular complexity index is 961. The van der Waals surface area contributed by atoms with Crippen molar-refractivity contribution in [3.05, 3.63) is 77.3 Å². The van der Waals surface area contributed by atoms with Gasteiger partial charge in [-0.1, -0.05) is 30.3 Å². The smallest absolute Gasteiger partial charge is 0.287 e. The van der Waals surface area contributed by atoms with Gasteiger partial charge in [-0.2, -0.15) is 0 Å². The molecule has 0 fully saturated rings. The predicted octanol–water partition coefficient (Wildman–Crippen LogP) is 2.67. The van der Waals surface area contributed by atoms with Crippen molar-refractivity contribution in [3.8, 4) is 0 Å². The number of fused-ring (bicyclic) bond motifs is 1. The first-order valence-electron chi connectivity index (χ1n) is 9.44. The van der Waals surface area contributed by atoms with Crippen LogP contribution >= 0.6 is 0 Å². The third kappa shape index (κ3) is 3.83. The van der Waals surface area contributed by atoms with Crippen LogP contribution in [0.25, 0.3) is 0 Å². The highest BCUT2D eigenvalue weighted by Crippen LogP contribution is 2.21. The first kappa shape index (κ1) is 18.0. The second-order valence-corrected chi connectivity index (χ2v) is 6.77. The van der Waals surface area contributed by atoms with Crippen molar-refractivity contribution in [1.82, 2.24) is 20.2 Å². The maximum atomic E-state index is 12.7. The normalized spacial score (nSPS) is 13.0. The lowest BCUT2D eigenvalue weighted by molar-refractivity contribution is 0.0932. The second-order valence-electron chi connectivity index (χ2n) is 6.77. The molecule has 1 aliphatic heterocycles. The molecule has 0 aliphatic carbocycles. The fraction of sp³-hybridized carbons (Fsp3) is 0.286. The molecule has 7 heteroatoms.